The number of para-hydroxylation sites is 2. The minimum Gasteiger partial charge on any atom is -0.455 e. The van der Waals surface area contributed by atoms with Crippen LogP contribution in [-0.2, 0) is 0 Å². The lowest BCUT2D eigenvalue weighted by Crippen LogP contribution is -1.92. The Bertz CT molecular complexity index is 2090. The first kappa shape index (κ1) is 20.3. The second-order valence-corrected chi connectivity index (χ2v) is 9.56. The second kappa shape index (κ2) is 7.78. The Morgan fingerprint density at radius 2 is 1.19 bits per heavy atom. The largest absolute Gasteiger partial charge is 0.455 e. The summed E-state index contributed by atoms with van der Waals surface area (Å²) in [5.74, 6) is 0. The van der Waals surface area contributed by atoms with Gasteiger partial charge in [-0.15, -0.1) is 0 Å². The van der Waals surface area contributed by atoms with Gasteiger partial charge in [0, 0.05) is 39.7 Å². The van der Waals surface area contributed by atoms with Gasteiger partial charge in [0.25, 0.3) is 0 Å². The zero-order valence-corrected chi connectivity index (χ0v) is 20.0. The van der Waals surface area contributed by atoms with E-state index >= 15 is 0 Å². The van der Waals surface area contributed by atoms with Crippen LogP contribution in [0, 0.1) is 0 Å². The normalized spacial score (nSPS) is 11.8. The zero-order chi connectivity index (χ0) is 24.3. The Labute approximate surface area is 213 Å². The van der Waals surface area contributed by atoms with Crippen LogP contribution in [0.4, 0.5) is 0 Å². The van der Waals surface area contributed by atoms with Gasteiger partial charge in [0.15, 0.2) is 0 Å². The van der Waals surface area contributed by atoms with Crippen molar-refractivity contribution in [2.45, 2.75) is 0 Å². The highest BCUT2D eigenvalue weighted by atomic mass is 16.3. The van der Waals surface area contributed by atoms with Gasteiger partial charge in [-0.2, -0.15) is 0 Å². The van der Waals surface area contributed by atoms with Crippen molar-refractivity contribution in [3.63, 3.8) is 0 Å². The summed E-state index contributed by atoms with van der Waals surface area (Å²) in [4.78, 5) is 4.58. The first-order valence-corrected chi connectivity index (χ1v) is 12.5. The predicted molar refractivity (Wildman–Crippen MR) is 155 cm³/mol. The van der Waals surface area contributed by atoms with Crippen LogP contribution in [0.15, 0.2) is 132 Å². The van der Waals surface area contributed by atoms with Gasteiger partial charge in [-0.1, -0.05) is 97.1 Å². The van der Waals surface area contributed by atoms with E-state index in [-0.39, 0.29) is 0 Å². The van der Waals surface area contributed by atoms with Gasteiger partial charge in [0.2, 0.25) is 0 Å². The SMILES string of the molecule is c1ccc2cc(-c3c4ccccc4c(-c4cccc5c4oc4ccccc45)c4cnccc34)ccc2c1. The van der Waals surface area contributed by atoms with E-state index < -0.39 is 0 Å². The monoisotopic (exact) mass is 471 g/mol. The first-order chi connectivity index (χ1) is 18.4. The number of fused-ring (bicyclic) bond motifs is 6. The van der Waals surface area contributed by atoms with Crippen molar-refractivity contribution in [1.82, 2.24) is 4.98 Å². The summed E-state index contributed by atoms with van der Waals surface area (Å²) >= 11 is 0. The Hall–Kier alpha value is -4.95. The first-order valence-electron chi connectivity index (χ1n) is 12.5. The van der Waals surface area contributed by atoms with E-state index in [1.54, 1.807) is 0 Å². The van der Waals surface area contributed by atoms with E-state index in [4.69, 9.17) is 4.42 Å². The highest BCUT2D eigenvalue weighted by Gasteiger charge is 2.20. The summed E-state index contributed by atoms with van der Waals surface area (Å²) in [6.45, 7) is 0. The number of hydrogen-bond acceptors (Lipinski definition) is 2. The molecule has 8 rings (SSSR count). The standard InChI is InChI=1S/C35H21NO/c1-2-9-23-20-24(17-16-22(23)8-1)33-26-11-3-4-12-27(26)34(31-21-36-19-18-28(31)33)30-14-7-13-29-25-10-5-6-15-32(25)37-35(29)30/h1-21H. The summed E-state index contributed by atoms with van der Waals surface area (Å²) in [5, 5.41) is 9.48. The number of nitrogens with zero attached hydrogens (tertiary/aromatic N) is 1. The number of rotatable bonds is 2. The van der Waals surface area contributed by atoms with Gasteiger partial charge < -0.3 is 4.42 Å². The molecule has 37 heavy (non-hydrogen) atoms. The Morgan fingerprint density at radius 3 is 2.08 bits per heavy atom. The minimum atomic E-state index is 0.907. The van der Waals surface area contributed by atoms with Gasteiger partial charge in [0.1, 0.15) is 11.2 Å². The summed E-state index contributed by atoms with van der Waals surface area (Å²) in [6, 6.07) is 40.9. The van der Waals surface area contributed by atoms with Crippen LogP contribution in [-0.4, -0.2) is 4.98 Å². The minimum absolute atomic E-state index is 0.907. The average molecular weight is 472 g/mol. The smallest absolute Gasteiger partial charge is 0.143 e. The third-order valence-electron chi connectivity index (χ3n) is 7.54. The molecular weight excluding hydrogens is 450 g/mol. The maximum absolute atomic E-state index is 6.48. The molecule has 0 saturated heterocycles. The van der Waals surface area contributed by atoms with Crippen molar-refractivity contribution in [3.05, 3.63) is 128 Å². The van der Waals surface area contributed by atoms with Gasteiger partial charge in [0.05, 0.1) is 0 Å². The molecule has 0 radical (unpaired) electrons. The Kier molecular flexibility index (Phi) is 4.26. The number of pyridine rings is 1. The third kappa shape index (κ3) is 2.96. The topological polar surface area (TPSA) is 26.0 Å². The van der Waals surface area contributed by atoms with Crippen LogP contribution in [0.25, 0.3) is 76.5 Å². The Balaban J connectivity index is 1.53. The molecule has 0 aliphatic rings. The highest BCUT2D eigenvalue weighted by Crippen LogP contribution is 2.46. The fourth-order valence-corrected chi connectivity index (χ4v) is 5.91. The molecule has 2 nitrogen and oxygen atoms in total. The molecular formula is C35H21NO. The van der Waals surface area contributed by atoms with Crippen molar-refractivity contribution in [2.24, 2.45) is 0 Å². The van der Waals surface area contributed by atoms with Crippen molar-refractivity contribution < 1.29 is 4.42 Å². The number of aromatic nitrogens is 1. The number of benzene rings is 6. The third-order valence-corrected chi connectivity index (χ3v) is 7.54. The zero-order valence-electron chi connectivity index (χ0n) is 20.0. The lowest BCUT2D eigenvalue weighted by atomic mass is 9.86. The molecule has 2 heteroatoms. The van der Waals surface area contributed by atoms with E-state index in [9.17, 15) is 0 Å². The summed E-state index contributed by atoms with van der Waals surface area (Å²) < 4.78 is 6.48. The molecule has 0 N–H and O–H groups in total. The van der Waals surface area contributed by atoms with E-state index in [0.717, 1.165) is 38.5 Å². The van der Waals surface area contributed by atoms with Crippen molar-refractivity contribution >= 4 is 54.3 Å². The number of furan rings is 1. The molecule has 0 unspecified atom stereocenters. The lowest BCUT2D eigenvalue weighted by Gasteiger charge is -2.17. The van der Waals surface area contributed by atoms with E-state index in [1.165, 1.54) is 38.1 Å². The predicted octanol–water partition coefficient (Wildman–Crippen LogP) is 9.77. The summed E-state index contributed by atoms with van der Waals surface area (Å²) in [6.07, 6.45) is 3.90. The molecule has 0 aliphatic carbocycles. The molecule has 0 amide bonds. The van der Waals surface area contributed by atoms with Gasteiger partial charge in [-0.25, -0.2) is 0 Å². The van der Waals surface area contributed by atoms with Gasteiger partial charge in [-0.05, 0) is 56.3 Å². The molecule has 0 aliphatic heterocycles. The Morgan fingerprint density at radius 1 is 0.486 bits per heavy atom. The molecule has 0 bridgehead atoms. The van der Waals surface area contributed by atoms with E-state index in [0.29, 0.717) is 0 Å². The molecule has 0 saturated carbocycles. The van der Waals surface area contributed by atoms with Crippen LogP contribution in [0.2, 0.25) is 0 Å². The quantitative estimate of drug-likeness (QED) is 0.235. The molecule has 8 aromatic rings. The van der Waals surface area contributed by atoms with Crippen LogP contribution in [0.5, 0.6) is 0 Å². The van der Waals surface area contributed by atoms with E-state index in [1.807, 2.05) is 24.5 Å². The van der Waals surface area contributed by atoms with Crippen molar-refractivity contribution in [1.29, 1.82) is 0 Å². The second-order valence-electron chi connectivity index (χ2n) is 9.56. The number of hydrogen-bond donors (Lipinski definition) is 0. The molecule has 2 heterocycles. The fourth-order valence-electron chi connectivity index (χ4n) is 5.91. The summed E-state index contributed by atoms with van der Waals surface area (Å²) in [5.41, 5.74) is 6.52. The fraction of sp³-hybridized carbons (Fsp3) is 0. The molecule has 6 aromatic carbocycles. The van der Waals surface area contributed by atoms with E-state index in [2.05, 4.69) is 108 Å². The molecule has 0 spiro atoms. The van der Waals surface area contributed by atoms with Gasteiger partial charge in [-0.3, -0.25) is 4.98 Å². The lowest BCUT2D eigenvalue weighted by molar-refractivity contribution is 0.670. The highest BCUT2D eigenvalue weighted by molar-refractivity contribution is 6.24. The van der Waals surface area contributed by atoms with Crippen LogP contribution >= 0.6 is 0 Å². The molecule has 0 atom stereocenters. The van der Waals surface area contributed by atoms with Crippen molar-refractivity contribution in [3.8, 4) is 22.3 Å². The maximum Gasteiger partial charge on any atom is 0.143 e. The van der Waals surface area contributed by atoms with Crippen LogP contribution in [0.1, 0.15) is 0 Å². The average Bonchev–Trinajstić information content (AvgIpc) is 3.35. The van der Waals surface area contributed by atoms with Crippen LogP contribution < -0.4 is 0 Å². The summed E-state index contributed by atoms with van der Waals surface area (Å²) in [7, 11) is 0. The maximum atomic E-state index is 6.48. The molecule has 2 aromatic heterocycles. The molecule has 0 fully saturated rings. The van der Waals surface area contributed by atoms with Crippen LogP contribution in [0.3, 0.4) is 0 Å². The van der Waals surface area contributed by atoms with Crippen molar-refractivity contribution in [2.75, 3.05) is 0 Å². The molecule has 172 valence electrons. The van der Waals surface area contributed by atoms with Gasteiger partial charge >= 0.3 is 0 Å².